The van der Waals surface area contributed by atoms with Gasteiger partial charge in [-0.3, -0.25) is 4.68 Å². The quantitative estimate of drug-likeness (QED) is 0.696. The van der Waals surface area contributed by atoms with Gasteiger partial charge in [-0.05, 0) is 30.3 Å². The van der Waals surface area contributed by atoms with Gasteiger partial charge in [-0.15, -0.1) is 0 Å². The molecule has 2 N–H and O–H groups in total. The maximum atomic E-state index is 12.5. The van der Waals surface area contributed by atoms with Gasteiger partial charge in [0.25, 0.3) is 0 Å². The molecule has 3 aromatic rings. The van der Waals surface area contributed by atoms with Crippen LogP contribution < -0.4 is 15.5 Å². The number of hydrogen-bond donors (Lipinski definition) is 2. The molecule has 1 aliphatic heterocycles. The van der Waals surface area contributed by atoms with Gasteiger partial charge in [0.05, 0.1) is 17.6 Å². The molecule has 1 fully saturated rings. The lowest BCUT2D eigenvalue weighted by molar-refractivity contribution is 0.251. The highest BCUT2D eigenvalue weighted by Gasteiger charge is 2.18. The van der Waals surface area contributed by atoms with Crippen LogP contribution in [0.3, 0.4) is 0 Å². The van der Waals surface area contributed by atoms with Crippen molar-refractivity contribution in [2.75, 3.05) is 42.9 Å². The van der Waals surface area contributed by atoms with Crippen LogP contribution in [0.5, 0.6) is 0 Å². The Hall–Kier alpha value is -3.13. The number of urea groups is 1. The average molecular weight is 393 g/mol. The predicted octanol–water partition coefficient (Wildman–Crippen LogP) is 2.43. The summed E-state index contributed by atoms with van der Waals surface area (Å²) in [5, 5.41) is 11.1. The van der Waals surface area contributed by atoms with Crippen molar-refractivity contribution in [2.45, 2.75) is 13.5 Å². The van der Waals surface area contributed by atoms with E-state index in [0.717, 1.165) is 60.7 Å². The molecule has 1 aromatic carbocycles. The molecule has 2 amide bonds. The number of benzene rings is 1. The van der Waals surface area contributed by atoms with Gasteiger partial charge in [0.1, 0.15) is 0 Å². The van der Waals surface area contributed by atoms with Gasteiger partial charge in [-0.25, -0.2) is 9.78 Å². The summed E-state index contributed by atoms with van der Waals surface area (Å²) in [6.45, 7) is 7.69. The predicted molar refractivity (Wildman–Crippen MR) is 115 cm³/mol. The van der Waals surface area contributed by atoms with E-state index >= 15 is 0 Å². The van der Waals surface area contributed by atoms with E-state index in [-0.39, 0.29) is 6.03 Å². The third-order valence-corrected chi connectivity index (χ3v) is 5.39. The number of piperazine rings is 1. The number of amides is 2. The van der Waals surface area contributed by atoms with Crippen molar-refractivity contribution in [1.82, 2.24) is 25.0 Å². The van der Waals surface area contributed by atoms with Gasteiger partial charge < -0.3 is 20.4 Å². The van der Waals surface area contributed by atoms with E-state index in [2.05, 4.69) is 43.5 Å². The van der Waals surface area contributed by atoms with E-state index < -0.39 is 0 Å². The Morgan fingerprint density at radius 2 is 1.93 bits per heavy atom. The lowest BCUT2D eigenvalue weighted by Gasteiger charge is -2.36. The first-order valence-electron chi connectivity index (χ1n) is 10.0. The van der Waals surface area contributed by atoms with Crippen molar-refractivity contribution in [1.29, 1.82) is 0 Å². The van der Waals surface area contributed by atoms with Crippen molar-refractivity contribution in [3.8, 4) is 0 Å². The minimum atomic E-state index is -0.226. The van der Waals surface area contributed by atoms with E-state index in [1.807, 2.05) is 31.3 Å². The summed E-state index contributed by atoms with van der Waals surface area (Å²) in [5.41, 5.74) is 3.66. The van der Waals surface area contributed by atoms with E-state index in [4.69, 9.17) is 0 Å². The van der Waals surface area contributed by atoms with Gasteiger partial charge in [0, 0.05) is 51.4 Å². The topological polar surface area (TPSA) is 78.3 Å². The maximum absolute atomic E-state index is 12.5. The lowest BCUT2D eigenvalue weighted by Crippen LogP contribution is -2.46. The molecule has 0 atom stereocenters. The number of aromatic nitrogens is 3. The van der Waals surface area contributed by atoms with Crippen molar-refractivity contribution >= 4 is 28.4 Å². The Kier molecular flexibility index (Phi) is 5.62. The standard InChI is InChI=1S/C21H27N7O/c1-3-27-8-10-28(11-9-27)19-7-5-4-6-18(19)25-21(29)23-14-16-12-17-15-24-26(2)20(17)22-13-16/h4-7,12-13,15H,3,8-11,14H2,1-2H3,(H2,23,25,29). The molecule has 0 radical (unpaired) electrons. The number of nitrogens with one attached hydrogen (secondary N) is 2. The number of hydrogen-bond acceptors (Lipinski definition) is 5. The summed E-state index contributed by atoms with van der Waals surface area (Å²) in [6, 6.07) is 9.75. The molecule has 0 saturated carbocycles. The molecule has 0 spiro atoms. The number of nitrogens with zero attached hydrogens (tertiary/aromatic N) is 5. The molecule has 0 aliphatic carbocycles. The molecule has 4 rings (SSSR count). The largest absolute Gasteiger partial charge is 0.367 e. The number of anilines is 2. The zero-order valence-corrected chi connectivity index (χ0v) is 16.9. The highest BCUT2D eigenvalue weighted by Crippen LogP contribution is 2.26. The van der Waals surface area contributed by atoms with Gasteiger partial charge in [0.2, 0.25) is 0 Å². The van der Waals surface area contributed by atoms with Gasteiger partial charge in [-0.2, -0.15) is 5.10 Å². The van der Waals surface area contributed by atoms with Crippen LogP contribution in [0, 0.1) is 0 Å². The number of fused-ring (bicyclic) bond motifs is 1. The number of para-hydroxylation sites is 2. The zero-order chi connectivity index (χ0) is 20.2. The monoisotopic (exact) mass is 393 g/mol. The zero-order valence-electron chi connectivity index (χ0n) is 16.9. The lowest BCUT2D eigenvalue weighted by atomic mass is 10.2. The van der Waals surface area contributed by atoms with Crippen LogP contribution >= 0.6 is 0 Å². The molecule has 1 aliphatic rings. The van der Waals surface area contributed by atoms with Gasteiger partial charge in [-0.1, -0.05) is 19.1 Å². The molecule has 8 heteroatoms. The summed E-state index contributed by atoms with van der Waals surface area (Å²) in [5.74, 6) is 0. The van der Waals surface area contributed by atoms with E-state index in [0.29, 0.717) is 6.54 Å². The van der Waals surface area contributed by atoms with E-state index in [9.17, 15) is 4.79 Å². The second-order valence-electron chi connectivity index (χ2n) is 7.27. The van der Waals surface area contributed by atoms with Crippen molar-refractivity contribution in [2.24, 2.45) is 7.05 Å². The fourth-order valence-corrected chi connectivity index (χ4v) is 3.69. The van der Waals surface area contributed by atoms with Crippen LogP contribution in [0.1, 0.15) is 12.5 Å². The van der Waals surface area contributed by atoms with Crippen LogP contribution in [-0.4, -0.2) is 58.4 Å². The Morgan fingerprint density at radius 3 is 2.72 bits per heavy atom. The first-order valence-corrected chi connectivity index (χ1v) is 10.0. The van der Waals surface area contributed by atoms with Gasteiger partial charge in [0.15, 0.2) is 5.65 Å². The van der Waals surface area contributed by atoms with Crippen LogP contribution in [0.2, 0.25) is 0 Å². The summed E-state index contributed by atoms with van der Waals surface area (Å²) in [7, 11) is 1.86. The van der Waals surface area contributed by atoms with Crippen LogP contribution in [0.4, 0.5) is 16.2 Å². The Balaban J connectivity index is 1.38. The minimum Gasteiger partial charge on any atom is -0.367 e. The molecule has 152 valence electrons. The number of likely N-dealkylation sites (N-methyl/N-ethyl adjacent to an activating group) is 1. The Labute approximate surface area is 170 Å². The third kappa shape index (κ3) is 4.32. The van der Waals surface area contributed by atoms with Crippen LogP contribution in [0.15, 0.2) is 42.7 Å². The first-order chi connectivity index (χ1) is 14.1. The van der Waals surface area contributed by atoms with Gasteiger partial charge >= 0.3 is 6.03 Å². The summed E-state index contributed by atoms with van der Waals surface area (Å²) >= 11 is 0. The average Bonchev–Trinajstić information content (AvgIpc) is 3.13. The van der Waals surface area contributed by atoms with Crippen molar-refractivity contribution < 1.29 is 4.79 Å². The van der Waals surface area contributed by atoms with E-state index in [1.165, 1.54) is 0 Å². The molecule has 1 saturated heterocycles. The second-order valence-corrected chi connectivity index (χ2v) is 7.27. The third-order valence-electron chi connectivity index (χ3n) is 5.39. The number of pyridine rings is 1. The minimum absolute atomic E-state index is 0.226. The smallest absolute Gasteiger partial charge is 0.319 e. The fourth-order valence-electron chi connectivity index (χ4n) is 3.69. The highest BCUT2D eigenvalue weighted by atomic mass is 16.2. The molecular formula is C21H27N7O. The molecule has 29 heavy (non-hydrogen) atoms. The van der Waals surface area contributed by atoms with E-state index in [1.54, 1.807) is 17.1 Å². The normalized spacial score (nSPS) is 14.9. The molecule has 3 heterocycles. The number of rotatable bonds is 5. The summed E-state index contributed by atoms with van der Waals surface area (Å²) in [6.07, 6.45) is 3.55. The second kappa shape index (κ2) is 8.48. The molecule has 8 nitrogen and oxygen atoms in total. The Morgan fingerprint density at radius 1 is 1.14 bits per heavy atom. The summed E-state index contributed by atoms with van der Waals surface area (Å²) in [4.78, 5) is 21.7. The summed E-state index contributed by atoms with van der Waals surface area (Å²) < 4.78 is 1.73. The number of aryl methyl sites for hydroxylation is 1. The fraction of sp³-hybridized carbons (Fsp3) is 0.381. The molecule has 2 aromatic heterocycles. The molecule has 0 unspecified atom stereocenters. The van der Waals surface area contributed by atoms with Crippen LogP contribution in [-0.2, 0) is 13.6 Å². The molecule has 0 bridgehead atoms. The maximum Gasteiger partial charge on any atom is 0.319 e. The SMILES string of the molecule is CCN1CCN(c2ccccc2NC(=O)NCc2cnc3c(cnn3C)c2)CC1. The Bertz CT molecular complexity index is 992. The number of carbonyl (C=O) groups is 1. The molecular weight excluding hydrogens is 366 g/mol. The van der Waals surface area contributed by atoms with Crippen molar-refractivity contribution in [3.63, 3.8) is 0 Å². The first kappa shape index (κ1) is 19.2. The van der Waals surface area contributed by atoms with Crippen molar-refractivity contribution in [3.05, 3.63) is 48.3 Å². The van der Waals surface area contributed by atoms with Crippen LogP contribution in [0.25, 0.3) is 11.0 Å². The number of carbonyl (C=O) groups excluding carboxylic acids is 1. The highest BCUT2D eigenvalue weighted by molar-refractivity contribution is 5.93.